The largest absolute Gasteiger partial charge is 0.391 e. The minimum absolute atomic E-state index is 0.265. The first-order valence-electron chi connectivity index (χ1n) is 6.61. The summed E-state index contributed by atoms with van der Waals surface area (Å²) in [6, 6.07) is 3.90. The highest BCUT2D eigenvalue weighted by molar-refractivity contribution is 9.10. The summed E-state index contributed by atoms with van der Waals surface area (Å²) in [4.78, 5) is 6.62. The lowest BCUT2D eigenvalue weighted by Gasteiger charge is -2.43. The number of nitrogens with zero attached hydrogens (tertiary/aromatic N) is 2. The van der Waals surface area contributed by atoms with E-state index in [1.165, 1.54) is 0 Å². The summed E-state index contributed by atoms with van der Waals surface area (Å²) in [5.74, 6) is 0. The van der Waals surface area contributed by atoms with Gasteiger partial charge in [-0.25, -0.2) is 0 Å². The number of hydrogen-bond donors (Lipinski definition) is 1. The van der Waals surface area contributed by atoms with E-state index in [0.29, 0.717) is 6.42 Å². The second kappa shape index (κ2) is 6.31. The van der Waals surface area contributed by atoms with Crippen molar-refractivity contribution < 1.29 is 9.84 Å². The molecule has 1 fully saturated rings. The molecule has 106 valence electrons. The Hall–Kier alpha value is -0.490. The average molecular weight is 329 g/mol. The molecule has 1 N–H and O–H groups in total. The van der Waals surface area contributed by atoms with Crippen LogP contribution in [-0.4, -0.2) is 52.9 Å². The topological polar surface area (TPSA) is 45.6 Å². The number of morpholine rings is 1. The minimum atomic E-state index is -0.445. The van der Waals surface area contributed by atoms with E-state index in [0.717, 1.165) is 36.5 Å². The van der Waals surface area contributed by atoms with Crippen molar-refractivity contribution in [2.45, 2.75) is 31.9 Å². The van der Waals surface area contributed by atoms with Crippen LogP contribution in [0.15, 0.2) is 22.8 Å². The van der Waals surface area contributed by atoms with Crippen molar-refractivity contribution in [3.05, 3.63) is 28.5 Å². The SMILES string of the molecule is CC(C)(C(O)Cc1ccc(Br)cn1)N1CCOCC1. The molecule has 0 aliphatic carbocycles. The van der Waals surface area contributed by atoms with Gasteiger partial charge < -0.3 is 9.84 Å². The molecule has 0 amide bonds. The monoisotopic (exact) mass is 328 g/mol. The van der Waals surface area contributed by atoms with Gasteiger partial charge in [-0.1, -0.05) is 0 Å². The van der Waals surface area contributed by atoms with Crippen molar-refractivity contribution in [3.8, 4) is 0 Å². The molecule has 2 heterocycles. The fourth-order valence-corrected chi connectivity index (χ4v) is 2.56. The Morgan fingerprint density at radius 1 is 1.42 bits per heavy atom. The second-order valence-electron chi connectivity index (χ2n) is 5.44. The molecule has 5 heteroatoms. The maximum absolute atomic E-state index is 10.5. The van der Waals surface area contributed by atoms with Gasteiger partial charge in [0.1, 0.15) is 0 Å². The molecule has 1 aromatic rings. The summed E-state index contributed by atoms with van der Waals surface area (Å²) in [6.07, 6.45) is 1.89. The highest BCUT2D eigenvalue weighted by Crippen LogP contribution is 2.23. The number of rotatable bonds is 4. The molecule has 1 unspecified atom stereocenters. The van der Waals surface area contributed by atoms with E-state index in [2.05, 4.69) is 39.7 Å². The standard InChI is InChI=1S/C14H21BrN2O2/c1-14(2,17-5-7-19-8-6-17)13(18)9-12-4-3-11(15)10-16-12/h3-4,10,13,18H,5-9H2,1-2H3. The third kappa shape index (κ3) is 3.75. The number of pyridine rings is 1. The zero-order valence-corrected chi connectivity index (χ0v) is 13.1. The van der Waals surface area contributed by atoms with E-state index in [4.69, 9.17) is 4.74 Å². The molecule has 2 rings (SSSR count). The molecule has 0 radical (unpaired) electrons. The van der Waals surface area contributed by atoms with Crippen molar-refractivity contribution in [3.63, 3.8) is 0 Å². The summed E-state index contributed by atoms with van der Waals surface area (Å²) in [6.45, 7) is 7.40. The Bertz CT molecular complexity index is 402. The van der Waals surface area contributed by atoms with Crippen LogP contribution < -0.4 is 0 Å². The lowest BCUT2D eigenvalue weighted by Crippen LogP contribution is -2.56. The maximum Gasteiger partial charge on any atom is 0.0773 e. The zero-order valence-electron chi connectivity index (χ0n) is 11.5. The van der Waals surface area contributed by atoms with Gasteiger partial charge in [-0.3, -0.25) is 9.88 Å². The molecule has 1 saturated heterocycles. The quantitative estimate of drug-likeness (QED) is 0.916. The normalized spacial score (nSPS) is 19.4. The summed E-state index contributed by atoms with van der Waals surface area (Å²) < 4.78 is 6.32. The molecule has 1 atom stereocenters. The van der Waals surface area contributed by atoms with Gasteiger partial charge in [0.15, 0.2) is 0 Å². The van der Waals surface area contributed by atoms with Gasteiger partial charge in [0, 0.05) is 41.4 Å². The summed E-state index contributed by atoms with van der Waals surface area (Å²) in [7, 11) is 0. The molecule has 0 spiro atoms. The molecular formula is C14H21BrN2O2. The number of hydrogen-bond acceptors (Lipinski definition) is 4. The van der Waals surface area contributed by atoms with Gasteiger partial charge in [0.05, 0.1) is 19.3 Å². The molecule has 0 bridgehead atoms. The third-order valence-corrected chi connectivity index (χ3v) is 4.30. The van der Waals surface area contributed by atoms with Crippen molar-refractivity contribution >= 4 is 15.9 Å². The van der Waals surface area contributed by atoms with E-state index >= 15 is 0 Å². The summed E-state index contributed by atoms with van der Waals surface area (Å²) in [5.41, 5.74) is 0.649. The Labute approximate surface area is 122 Å². The molecule has 0 aromatic carbocycles. The van der Waals surface area contributed by atoms with E-state index in [-0.39, 0.29) is 5.54 Å². The molecule has 0 saturated carbocycles. The first-order chi connectivity index (χ1) is 9.00. The number of ether oxygens (including phenoxy) is 1. The Balaban J connectivity index is 2.00. The lowest BCUT2D eigenvalue weighted by atomic mass is 9.91. The lowest BCUT2D eigenvalue weighted by molar-refractivity contribution is -0.0614. The van der Waals surface area contributed by atoms with Gasteiger partial charge in [-0.15, -0.1) is 0 Å². The van der Waals surface area contributed by atoms with Crippen LogP contribution in [-0.2, 0) is 11.2 Å². The van der Waals surface area contributed by atoms with Crippen LogP contribution in [0.3, 0.4) is 0 Å². The van der Waals surface area contributed by atoms with Gasteiger partial charge in [0.2, 0.25) is 0 Å². The van der Waals surface area contributed by atoms with Gasteiger partial charge in [0.25, 0.3) is 0 Å². The van der Waals surface area contributed by atoms with Crippen molar-refractivity contribution in [2.75, 3.05) is 26.3 Å². The fourth-order valence-electron chi connectivity index (χ4n) is 2.33. The first kappa shape index (κ1) is 14.9. The first-order valence-corrected chi connectivity index (χ1v) is 7.41. The molecule has 19 heavy (non-hydrogen) atoms. The third-order valence-electron chi connectivity index (χ3n) is 3.83. The highest BCUT2D eigenvalue weighted by Gasteiger charge is 2.35. The van der Waals surface area contributed by atoms with E-state index in [1.54, 1.807) is 6.20 Å². The molecular weight excluding hydrogens is 308 g/mol. The number of aromatic nitrogens is 1. The highest BCUT2D eigenvalue weighted by atomic mass is 79.9. The molecule has 1 aromatic heterocycles. The second-order valence-corrected chi connectivity index (χ2v) is 6.36. The smallest absolute Gasteiger partial charge is 0.0773 e. The van der Waals surface area contributed by atoms with E-state index in [9.17, 15) is 5.11 Å². The predicted octanol–water partition coefficient (Wildman–Crippen LogP) is 1.86. The Morgan fingerprint density at radius 2 is 2.11 bits per heavy atom. The summed E-state index contributed by atoms with van der Waals surface area (Å²) in [5, 5.41) is 10.5. The van der Waals surface area contributed by atoms with E-state index in [1.807, 2.05) is 12.1 Å². The van der Waals surface area contributed by atoms with Crippen LogP contribution in [0, 0.1) is 0 Å². The Morgan fingerprint density at radius 3 is 2.68 bits per heavy atom. The van der Waals surface area contributed by atoms with Crippen LogP contribution in [0.2, 0.25) is 0 Å². The molecule has 1 aliphatic heterocycles. The number of halogens is 1. The van der Waals surface area contributed by atoms with Crippen LogP contribution in [0.4, 0.5) is 0 Å². The fraction of sp³-hybridized carbons (Fsp3) is 0.643. The van der Waals surface area contributed by atoms with Crippen molar-refractivity contribution in [2.24, 2.45) is 0 Å². The van der Waals surface area contributed by atoms with Crippen molar-refractivity contribution in [1.29, 1.82) is 0 Å². The van der Waals surface area contributed by atoms with Crippen LogP contribution in [0.25, 0.3) is 0 Å². The van der Waals surface area contributed by atoms with E-state index < -0.39 is 6.10 Å². The molecule has 1 aliphatic rings. The minimum Gasteiger partial charge on any atom is -0.391 e. The Kier molecular flexibility index (Phi) is 4.95. The van der Waals surface area contributed by atoms with Crippen LogP contribution >= 0.6 is 15.9 Å². The number of aliphatic hydroxyl groups excluding tert-OH is 1. The van der Waals surface area contributed by atoms with Gasteiger partial charge >= 0.3 is 0 Å². The van der Waals surface area contributed by atoms with Crippen molar-refractivity contribution in [1.82, 2.24) is 9.88 Å². The number of aliphatic hydroxyl groups is 1. The molecule has 4 nitrogen and oxygen atoms in total. The average Bonchev–Trinajstić information content (AvgIpc) is 2.42. The zero-order chi connectivity index (χ0) is 13.9. The predicted molar refractivity (Wildman–Crippen MR) is 78.1 cm³/mol. The van der Waals surface area contributed by atoms with Gasteiger partial charge in [-0.2, -0.15) is 0 Å². The van der Waals surface area contributed by atoms with Crippen LogP contribution in [0.5, 0.6) is 0 Å². The maximum atomic E-state index is 10.5. The van der Waals surface area contributed by atoms with Gasteiger partial charge in [-0.05, 0) is 41.9 Å². The summed E-state index contributed by atoms with van der Waals surface area (Å²) >= 11 is 3.37. The van der Waals surface area contributed by atoms with Crippen LogP contribution in [0.1, 0.15) is 19.5 Å².